The van der Waals surface area contributed by atoms with Gasteiger partial charge in [0.25, 0.3) is 0 Å². The van der Waals surface area contributed by atoms with Gasteiger partial charge in [-0.05, 0) is 35.7 Å². The predicted molar refractivity (Wildman–Crippen MR) is 106 cm³/mol. The van der Waals surface area contributed by atoms with E-state index < -0.39 is 34.3 Å². The zero-order valence-corrected chi connectivity index (χ0v) is 16.8. The van der Waals surface area contributed by atoms with Gasteiger partial charge in [-0.2, -0.15) is 0 Å². The first-order valence-electron chi connectivity index (χ1n) is 8.68. The van der Waals surface area contributed by atoms with E-state index >= 15 is 0 Å². The molecule has 9 nitrogen and oxygen atoms in total. The molecule has 1 saturated heterocycles. The van der Waals surface area contributed by atoms with Gasteiger partial charge >= 0.3 is 0 Å². The normalized spacial score (nSPS) is 38.4. The van der Waals surface area contributed by atoms with Gasteiger partial charge in [0.15, 0.2) is 5.06 Å². The van der Waals surface area contributed by atoms with E-state index in [9.17, 15) is 15.7 Å². The van der Waals surface area contributed by atoms with Gasteiger partial charge in [-0.1, -0.05) is 28.9 Å². The minimum Gasteiger partial charge on any atom is -0.392 e. The second kappa shape index (κ2) is 8.17. The van der Waals surface area contributed by atoms with Crippen LogP contribution in [0.4, 0.5) is 0 Å². The summed E-state index contributed by atoms with van der Waals surface area (Å²) in [5.74, 6) is 0. The maximum Gasteiger partial charge on any atom is 0.192 e. The number of halogens is 1. The number of nitrogens with zero attached hydrogens (tertiary/aromatic N) is 4. The van der Waals surface area contributed by atoms with E-state index in [-0.39, 0.29) is 0 Å². The summed E-state index contributed by atoms with van der Waals surface area (Å²) in [5, 5.41) is 26.5. The molecule has 28 heavy (non-hydrogen) atoms. The molecule has 0 spiro atoms. The molecule has 1 unspecified atom stereocenters. The SMILES string of the molecule is CO[C@@]1(C2=CCNCC2)[C@@H](S)O[C@](Cl)(CO)[C@H](O)C1(N=[N+]=[N-])c1cccnc1. The fourth-order valence-electron chi connectivity index (χ4n) is 4.13. The summed E-state index contributed by atoms with van der Waals surface area (Å²) in [4.78, 5) is 7.13. The first-order chi connectivity index (χ1) is 13.4. The summed E-state index contributed by atoms with van der Waals surface area (Å²) in [6, 6.07) is 3.30. The number of hydrogen-bond acceptors (Lipinski definition) is 8. The zero-order chi connectivity index (χ0) is 20.4. The number of rotatable bonds is 5. The zero-order valence-electron chi connectivity index (χ0n) is 15.2. The molecule has 3 heterocycles. The van der Waals surface area contributed by atoms with Crippen molar-refractivity contribution in [1.82, 2.24) is 10.3 Å². The Balaban J connectivity index is 2.40. The first-order valence-corrected chi connectivity index (χ1v) is 9.58. The Morgan fingerprint density at radius 3 is 2.93 bits per heavy atom. The standard InChI is InChI=1S/C17H22ClN5O4S/c1-26-17(11-4-7-20-8-5-11)14(28)27-15(18,10-24)13(25)16(17,22-23-19)12-3-2-6-21-9-12/h2-4,6,9,13-14,20,24-25,28H,5,7-8,10H2,1H3/t13-,14+,15+,16?,17-/m0/s1. The molecule has 0 radical (unpaired) electrons. The van der Waals surface area contributed by atoms with Gasteiger partial charge < -0.3 is 25.0 Å². The van der Waals surface area contributed by atoms with Crippen LogP contribution in [0.25, 0.3) is 10.4 Å². The second-order valence-electron chi connectivity index (χ2n) is 6.64. The summed E-state index contributed by atoms with van der Waals surface area (Å²) in [7, 11) is 1.43. The molecule has 0 bridgehead atoms. The molecule has 1 fully saturated rings. The Morgan fingerprint density at radius 1 is 1.61 bits per heavy atom. The maximum absolute atomic E-state index is 11.4. The molecule has 3 rings (SSSR count). The van der Waals surface area contributed by atoms with Crippen LogP contribution in [0.15, 0.2) is 41.3 Å². The molecule has 0 saturated carbocycles. The summed E-state index contributed by atoms with van der Waals surface area (Å²) < 4.78 is 11.7. The molecule has 5 atom stereocenters. The van der Waals surface area contributed by atoms with Gasteiger partial charge in [0, 0.05) is 31.0 Å². The highest BCUT2D eigenvalue weighted by Gasteiger charge is 2.71. The number of aromatic nitrogens is 1. The Hall–Kier alpha value is -1.36. The predicted octanol–water partition coefficient (Wildman–Crippen LogP) is 1.47. The molecule has 0 aromatic carbocycles. The van der Waals surface area contributed by atoms with Crippen molar-refractivity contribution in [1.29, 1.82) is 0 Å². The Bertz CT molecular complexity index is 795. The number of aliphatic hydroxyl groups excluding tert-OH is 2. The molecule has 1 aromatic rings. The number of azide groups is 1. The summed E-state index contributed by atoms with van der Waals surface area (Å²) >= 11 is 11.0. The lowest BCUT2D eigenvalue weighted by molar-refractivity contribution is -0.253. The molecular weight excluding hydrogens is 406 g/mol. The van der Waals surface area contributed by atoms with Crippen molar-refractivity contribution in [3.8, 4) is 0 Å². The van der Waals surface area contributed by atoms with Gasteiger partial charge in [-0.3, -0.25) is 4.98 Å². The number of aliphatic hydroxyl groups is 2. The van der Waals surface area contributed by atoms with Crippen molar-refractivity contribution in [3.63, 3.8) is 0 Å². The lowest BCUT2D eigenvalue weighted by Gasteiger charge is -2.60. The van der Waals surface area contributed by atoms with Gasteiger partial charge in [-0.15, -0.1) is 12.6 Å². The van der Waals surface area contributed by atoms with Gasteiger partial charge in [0.2, 0.25) is 0 Å². The van der Waals surface area contributed by atoms with E-state index in [0.717, 1.165) is 5.57 Å². The van der Waals surface area contributed by atoms with Crippen molar-refractivity contribution < 1.29 is 19.7 Å². The fourth-order valence-corrected chi connectivity index (χ4v) is 5.09. The van der Waals surface area contributed by atoms with Crippen LogP contribution in [-0.2, 0) is 15.0 Å². The molecular formula is C17H22ClN5O4S. The van der Waals surface area contributed by atoms with Crippen LogP contribution in [0.2, 0.25) is 0 Å². The quantitative estimate of drug-likeness (QED) is 0.140. The number of methoxy groups -OCH3 is 1. The lowest BCUT2D eigenvalue weighted by Crippen LogP contribution is -2.74. The highest BCUT2D eigenvalue weighted by atomic mass is 35.5. The van der Waals surface area contributed by atoms with Crippen molar-refractivity contribution in [2.24, 2.45) is 5.11 Å². The molecule has 1 aromatic heterocycles. The third-order valence-corrected chi connectivity index (χ3v) is 6.29. The van der Waals surface area contributed by atoms with Crippen LogP contribution in [-0.4, -0.2) is 64.2 Å². The smallest absolute Gasteiger partial charge is 0.192 e. The van der Waals surface area contributed by atoms with Crippen LogP contribution in [0.1, 0.15) is 12.0 Å². The highest BCUT2D eigenvalue weighted by molar-refractivity contribution is 7.80. The van der Waals surface area contributed by atoms with Crippen molar-refractivity contribution in [3.05, 3.63) is 52.2 Å². The van der Waals surface area contributed by atoms with Crippen LogP contribution < -0.4 is 5.32 Å². The number of alkyl halides is 1. The maximum atomic E-state index is 11.4. The number of pyridine rings is 1. The summed E-state index contributed by atoms with van der Waals surface area (Å²) in [6.07, 6.45) is 3.78. The third kappa shape index (κ3) is 2.92. The van der Waals surface area contributed by atoms with Crippen molar-refractivity contribution in [2.75, 3.05) is 26.8 Å². The van der Waals surface area contributed by atoms with Gasteiger partial charge in [0.05, 0.1) is 6.61 Å². The van der Waals surface area contributed by atoms with Crippen LogP contribution in [0.5, 0.6) is 0 Å². The average molecular weight is 428 g/mol. The molecule has 2 aliphatic rings. The van der Waals surface area contributed by atoms with Gasteiger partial charge in [-0.25, -0.2) is 0 Å². The van der Waals surface area contributed by atoms with E-state index in [1.165, 1.54) is 13.3 Å². The Labute approximate surface area is 172 Å². The van der Waals surface area contributed by atoms with E-state index in [2.05, 4.69) is 33.0 Å². The number of thiol groups is 1. The molecule has 11 heteroatoms. The summed E-state index contributed by atoms with van der Waals surface area (Å²) in [6.45, 7) is 0.470. The van der Waals surface area contributed by atoms with E-state index in [4.69, 9.17) is 21.1 Å². The Morgan fingerprint density at radius 2 is 2.39 bits per heavy atom. The van der Waals surface area contributed by atoms with Crippen molar-refractivity contribution >= 4 is 24.2 Å². The second-order valence-corrected chi connectivity index (χ2v) is 7.75. The van der Waals surface area contributed by atoms with E-state index in [1.807, 2.05) is 6.08 Å². The van der Waals surface area contributed by atoms with Crippen LogP contribution >= 0.6 is 24.2 Å². The van der Waals surface area contributed by atoms with Crippen molar-refractivity contribution in [2.45, 2.75) is 34.2 Å². The van der Waals surface area contributed by atoms with Crippen LogP contribution in [0.3, 0.4) is 0 Å². The van der Waals surface area contributed by atoms with E-state index in [0.29, 0.717) is 25.1 Å². The van der Waals surface area contributed by atoms with Crippen LogP contribution in [0, 0.1) is 0 Å². The number of hydrogen-bond donors (Lipinski definition) is 4. The molecule has 0 aliphatic carbocycles. The lowest BCUT2D eigenvalue weighted by atomic mass is 9.64. The number of ether oxygens (including phenoxy) is 2. The third-order valence-electron chi connectivity index (χ3n) is 5.41. The minimum absolute atomic E-state index is 0.363. The van der Waals surface area contributed by atoms with Gasteiger partial charge in [0.1, 0.15) is 22.7 Å². The Kier molecular flexibility index (Phi) is 6.23. The minimum atomic E-state index is -1.97. The highest BCUT2D eigenvalue weighted by Crippen LogP contribution is 2.58. The monoisotopic (exact) mass is 427 g/mol. The fraction of sp³-hybridized carbons (Fsp3) is 0.588. The molecule has 2 aliphatic heterocycles. The topological polar surface area (TPSA) is 133 Å². The molecule has 3 N–H and O–H groups in total. The first kappa shape index (κ1) is 21.4. The number of nitrogens with one attached hydrogen (secondary N) is 1. The largest absolute Gasteiger partial charge is 0.392 e. The molecule has 0 amide bonds. The summed E-state index contributed by atoms with van der Waals surface area (Å²) in [5.41, 5.74) is 6.22. The molecule has 152 valence electrons. The van der Waals surface area contributed by atoms with E-state index in [1.54, 1.807) is 18.3 Å². The average Bonchev–Trinajstić information content (AvgIpc) is 2.73.